The Kier molecular flexibility index (Phi) is 8.44. The van der Waals surface area contributed by atoms with Gasteiger partial charge < -0.3 is 15.1 Å². The van der Waals surface area contributed by atoms with Gasteiger partial charge in [0, 0.05) is 16.3 Å². The fraction of sp³-hybridized carbons (Fsp3) is 0.400. The molecule has 0 spiro atoms. The van der Waals surface area contributed by atoms with Crippen LogP contribution in [0.2, 0.25) is 0 Å². The van der Waals surface area contributed by atoms with Crippen LogP contribution in [0.1, 0.15) is 29.4 Å². The summed E-state index contributed by atoms with van der Waals surface area (Å²) < 4.78 is 5.28. The van der Waals surface area contributed by atoms with E-state index in [1.807, 2.05) is 23.5 Å². The average Bonchev–Trinajstić information content (AvgIpc) is 3.13. The number of hydrogen-bond donors (Lipinski definition) is 2. The summed E-state index contributed by atoms with van der Waals surface area (Å²) in [5.74, 6) is 1.68. The Hall–Kier alpha value is -1.02. The summed E-state index contributed by atoms with van der Waals surface area (Å²) in [6.45, 7) is 6.43. The quantitative estimate of drug-likeness (QED) is 0.426. The van der Waals surface area contributed by atoms with Gasteiger partial charge in [-0.25, -0.2) is 4.99 Å². The zero-order chi connectivity index (χ0) is 14.2. The summed E-state index contributed by atoms with van der Waals surface area (Å²) in [5, 5.41) is 6.58. The molecule has 0 amide bonds. The third kappa shape index (κ3) is 6.09. The molecular formula is C15H22IN3OS. The highest BCUT2D eigenvalue weighted by Gasteiger charge is 2.02. The van der Waals surface area contributed by atoms with E-state index in [2.05, 4.69) is 41.6 Å². The highest BCUT2D eigenvalue weighted by Crippen LogP contribution is 2.16. The van der Waals surface area contributed by atoms with Crippen LogP contribution in [0.15, 0.2) is 39.9 Å². The second-order valence-electron chi connectivity index (χ2n) is 4.35. The van der Waals surface area contributed by atoms with Crippen molar-refractivity contribution in [1.82, 2.24) is 10.6 Å². The molecule has 0 fully saturated rings. The summed E-state index contributed by atoms with van der Waals surface area (Å²) >= 11 is 1.84. The number of aliphatic imine (C=N–C) groups is 1. The third-order valence-electron chi connectivity index (χ3n) is 2.81. The molecule has 0 aliphatic rings. The molecule has 0 unspecified atom stereocenters. The Morgan fingerprint density at radius 2 is 2.00 bits per heavy atom. The van der Waals surface area contributed by atoms with E-state index in [1.165, 1.54) is 9.75 Å². The average molecular weight is 419 g/mol. The van der Waals surface area contributed by atoms with Crippen LogP contribution in [0, 0.1) is 0 Å². The number of hydrogen-bond acceptors (Lipinski definition) is 3. The highest BCUT2D eigenvalue weighted by atomic mass is 127. The van der Waals surface area contributed by atoms with E-state index >= 15 is 0 Å². The molecule has 0 saturated heterocycles. The Labute approximate surface area is 147 Å². The molecule has 2 heterocycles. The van der Waals surface area contributed by atoms with Gasteiger partial charge in [0.05, 0.1) is 12.8 Å². The van der Waals surface area contributed by atoms with Gasteiger partial charge in [0.15, 0.2) is 5.96 Å². The molecule has 0 radical (unpaired) electrons. The van der Waals surface area contributed by atoms with Crippen molar-refractivity contribution in [3.05, 3.63) is 46.0 Å². The van der Waals surface area contributed by atoms with E-state index in [1.54, 1.807) is 6.26 Å². The molecule has 0 aliphatic carbocycles. The number of thiophene rings is 1. The van der Waals surface area contributed by atoms with Gasteiger partial charge in [-0.2, -0.15) is 0 Å². The molecule has 4 nitrogen and oxygen atoms in total. The third-order valence-corrected chi connectivity index (χ3v) is 4.04. The van der Waals surface area contributed by atoms with E-state index in [0.717, 1.165) is 31.2 Å². The van der Waals surface area contributed by atoms with E-state index in [0.29, 0.717) is 6.54 Å². The van der Waals surface area contributed by atoms with Crippen molar-refractivity contribution in [2.45, 2.75) is 33.4 Å². The van der Waals surface area contributed by atoms with E-state index < -0.39 is 0 Å². The molecule has 116 valence electrons. The molecule has 0 bridgehead atoms. The lowest BCUT2D eigenvalue weighted by Gasteiger charge is -2.09. The van der Waals surface area contributed by atoms with Crippen molar-refractivity contribution < 1.29 is 4.42 Å². The summed E-state index contributed by atoms with van der Waals surface area (Å²) in [4.78, 5) is 7.24. The molecule has 2 rings (SSSR count). The Bertz CT molecular complexity index is 537. The summed E-state index contributed by atoms with van der Waals surface area (Å²) in [6.07, 6.45) is 2.76. The summed E-state index contributed by atoms with van der Waals surface area (Å²) in [5.41, 5.74) is 0. The molecule has 2 aromatic rings. The number of nitrogens with zero attached hydrogens (tertiary/aromatic N) is 1. The smallest absolute Gasteiger partial charge is 0.191 e. The molecule has 2 N–H and O–H groups in total. The number of furan rings is 1. The lowest BCUT2D eigenvalue weighted by molar-refractivity contribution is 0.512. The minimum atomic E-state index is 0. The predicted octanol–water partition coefficient (Wildman–Crippen LogP) is 3.78. The Morgan fingerprint density at radius 1 is 1.19 bits per heavy atom. The van der Waals surface area contributed by atoms with Crippen molar-refractivity contribution in [3.8, 4) is 0 Å². The summed E-state index contributed by atoms with van der Waals surface area (Å²) in [6, 6.07) is 8.17. The largest absolute Gasteiger partial charge is 0.467 e. The van der Waals surface area contributed by atoms with Gasteiger partial charge >= 0.3 is 0 Å². The Balaban J connectivity index is 0.00000220. The zero-order valence-electron chi connectivity index (χ0n) is 12.4. The zero-order valence-corrected chi connectivity index (χ0v) is 15.5. The molecule has 21 heavy (non-hydrogen) atoms. The van der Waals surface area contributed by atoms with Crippen molar-refractivity contribution in [2.75, 3.05) is 6.54 Å². The van der Waals surface area contributed by atoms with Crippen LogP contribution in [0.4, 0.5) is 0 Å². The SMILES string of the molecule is CCNC(=NCc1ccco1)NCc1ccc(CC)s1.I. The lowest BCUT2D eigenvalue weighted by atomic mass is 10.3. The minimum Gasteiger partial charge on any atom is -0.467 e. The molecule has 2 aromatic heterocycles. The van der Waals surface area contributed by atoms with Gasteiger partial charge in [0.1, 0.15) is 12.3 Å². The number of nitrogens with one attached hydrogen (secondary N) is 2. The Morgan fingerprint density at radius 3 is 2.62 bits per heavy atom. The molecule has 0 atom stereocenters. The minimum absolute atomic E-state index is 0. The molecule has 0 aromatic carbocycles. The van der Waals surface area contributed by atoms with E-state index in [-0.39, 0.29) is 24.0 Å². The first-order valence-corrected chi connectivity index (χ1v) is 7.75. The maximum Gasteiger partial charge on any atom is 0.191 e. The lowest BCUT2D eigenvalue weighted by Crippen LogP contribution is -2.36. The molecule has 0 aliphatic heterocycles. The van der Waals surface area contributed by atoms with Crippen molar-refractivity contribution in [3.63, 3.8) is 0 Å². The number of rotatable bonds is 6. The second kappa shape index (κ2) is 9.83. The van der Waals surface area contributed by atoms with E-state index in [4.69, 9.17) is 4.42 Å². The fourth-order valence-electron chi connectivity index (χ4n) is 1.78. The molecule has 6 heteroatoms. The first-order valence-electron chi connectivity index (χ1n) is 6.94. The maximum absolute atomic E-state index is 5.28. The van der Waals surface area contributed by atoms with Gasteiger partial charge in [-0.3, -0.25) is 0 Å². The van der Waals surface area contributed by atoms with Crippen molar-refractivity contribution in [1.29, 1.82) is 0 Å². The van der Waals surface area contributed by atoms with Gasteiger partial charge in [-0.1, -0.05) is 6.92 Å². The fourth-order valence-corrected chi connectivity index (χ4v) is 2.68. The first-order chi connectivity index (χ1) is 9.81. The van der Waals surface area contributed by atoms with Gasteiger partial charge in [-0.15, -0.1) is 35.3 Å². The van der Waals surface area contributed by atoms with Crippen molar-refractivity contribution >= 4 is 41.3 Å². The van der Waals surface area contributed by atoms with Crippen LogP contribution >= 0.6 is 35.3 Å². The van der Waals surface area contributed by atoms with Crippen LogP contribution in [0.5, 0.6) is 0 Å². The van der Waals surface area contributed by atoms with Crippen molar-refractivity contribution in [2.24, 2.45) is 4.99 Å². The number of guanidine groups is 1. The summed E-state index contributed by atoms with van der Waals surface area (Å²) in [7, 11) is 0. The first kappa shape index (κ1) is 18.0. The number of aryl methyl sites for hydroxylation is 1. The molecular weight excluding hydrogens is 397 g/mol. The van der Waals surface area contributed by atoms with E-state index in [9.17, 15) is 0 Å². The highest BCUT2D eigenvalue weighted by molar-refractivity contribution is 14.0. The van der Waals surface area contributed by atoms with Gasteiger partial charge in [0.25, 0.3) is 0 Å². The normalized spacial score (nSPS) is 11.0. The van der Waals surface area contributed by atoms with Crippen LogP contribution < -0.4 is 10.6 Å². The van der Waals surface area contributed by atoms with Crippen LogP contribution in [-0.2, 0) is 19.5 Å². The second-order valence-corrected chi connectivity index (χ2v) is 5.60. The van der Waals surface area contributed by atoms with Crippen LogP contribution in [0.3, 0.4) is 0 Å². The monoisotopic (exact) mass is 419 g/mol. The van der Waals surface area contributed by atoms with Gasteiger partial charge in [-0.05, 0) is 37.6 Å². The van der Waals surface area contributed by atoms with Gasteiger partial charge in [0.2, 0.25) is 0 Å². The van der Waals surface area contributed by atoms with Crippen LogP contribution in [-0.4, -0.2) is 12.5 Å². The maximum atomic E-state index is 5.28. The topological polar surface area (TPSA) is 49.6 Å². The van der Waals surface area contributed by atoms with Crippen LogP contribution in [0.25, 0.3) is 0 Å². The molecule has 0 saturated carbocycles. The standard InChI is InChI=1S/C15H21N3OS.HI/c1-3-13-7-8-14(20-13)11-18-15(16-4-2)17-10-12-6-5-9-19-12;/h5-9H,3-4,10-11H2,1-2H3,(H2,16,17,18);1H. The number of halogens is 1. The predicted molar refractivity (Wildman–Crippen MR) is 99.5 cm³/mol.